The monoisotopic (exact) mass is 315 g/mol. The molecule has 0 bridgehead atoms. The van der Waals surface area contributed by atoms with Crippen molar-refractivity contribution in [1.29, 1.82) is 0 Å². The van der Waals surface area contributed by atoms with Crippen LogP contribution in [-0.2, 0) is 0 Å². The number of aromatic amines is 1. The molecule has 0 saturated carbocycles. The van der Waals surface area contributed by atoms with Crippen LogP contribution in [-0.4, -0.2) is 21.1 Å². The summed E-state index contributed by atoms with van der Waals surface area (Å²) in [6, 6.07) is 9.20. The summed E-state index contributed by atoms with van der Waals surface area (Å²) in [6.07, 6.45) is 0. The van der Waals surface area contributed by atoms with E-state index in [-0.39, 0.29) is 22.9 Å². The van der Waals surface area contributed by atoms with Crippen LogP contribution in [0.1, 0.15) is 10.5 Å². The fourth-order valence-electron chi connectivity index (χ4n) is 2.00. The van der Waals surface area contributed by atoms with E-state index >= 15 is 0 Å². The Morgan fingerprint density at radius 2 is 1.87 bits per heavy atom. The van der Waals surface area contributed by atoms with Crippen LogP contribution in [0.15, 0.2) is 42.5 Å². The molecule has 8 heteroatoms. The number of nitrogen functional groups attached to an aromatic ring is 1. The average molecular weight is 315 g/mol. The Morgan fingerprint density at radius 1 is 1.13 bits per heavy atom. The second-order valence-corrected chi connectivity index (χ2v) is 4.73. The van der Waals surface area contributed by atoms with E-state index in [1.54, 1.807) is 12.1 Å². The van der Waals surface area contributed by atoms with Gasteiger partial charge in [-0.1, -0.05) is 6.07 Å². The number of carbonyl (C=O) groups excluding carboxylic acids is 1. The van der Waals surface area contributed by atoms with E-state index in [0.29, 0.717) is 5.69 Å². The topological polar surface area (TPSA) is 96.7 Å². The molecule has 0 aliphatic rings. The van der Waals surface area contributed by atoms with Crippen LogP contribution in [0.2, 0.25) is 0 Å². The Hall–Kier alpha value is -3.29. The van der Waals surface area contributed by atoms with Gasteiger partial charge in [-0.2, -0.15) is 5.10 Å². The van der Waals surface area contributed by atoms with Crippen molar-refractivity contribution < 1.29 is 13.6 Å². The van der Waals surface area contributed by atoms with Crippen LogP contribution in [0, 0.1) is 11.6 Å². The molecule has 0 fully saturated rings. The predicted molar refractivity (Wildman–Crippen MR) is 80.5 cm³/mol. The van der Waals surface area contributed by atoms with Gasteiger partial charge >= 0.3 is 0 Å². The highest BCUT2D eigenvalue weighted by molar-refractivity contribution is 6.02. The number of aromatic nitrogens is 3. The van der Waals surface area contributed by atoms with Crippen LogP contribution in [0.25, 0.3) is 11.3 Å². The summed E-state index contributed by atoms with van der Waals surface area (Å²) in [5, 5.41) is 9.00. The largest absolute Gasteiger partial charge is 0.384 e. The predicted octanol–water partition coefficient (Wildman–Crippen LogP) is 2.58. The number of halogens is 2. The first-order valence-corrected chi connectivity index (χ1v) is 6.57. The lowest BCUT2D eigenvalue weighted by atomic mass is 10.1. The van der Waals surface area contributed by atoms with Gasteiger partial charge in [0.2, 0.25) is 0 Å². The molecule has 0 saturated heterocycles. The number of nitrogens with two attached hydrogens (primary N) is 1. The van der Waals surface area contributed by atoms with E-state index in [1.807, 2.05) is 0 Å². The fourth-order valence-corrected chi connectivity index (χ4v) is 2.00. The second-order valence-electron chi connectivity index (χ2n) is 4.73. The van der Waals surface area contributed by atoms with Gasteiger partial charge in [-0.05, 0) is 24.3 Å². The van der Waals surface area contributed by atoms with Crippen molar-refractivity contribution in [3.8, 4) is 11.3 Å². The number of nitrogens with zero attached hydrogens (tertiary/aromatic N) is 2. The number of hydrogen-bond donors (Lipinski definition) is 3. The van der Waals surface area contributed by atoms with Crippen molar-refractivity contribution >= 4 is 17.5 Å². The van der Waals surface area contributed by atoms with Gasteiger partial charge in [0.1, 0.15) is 23.1 Å². The first kappa shape index (κ1) is 14.6. The van der Waals surface area contributed by atoms with Gasteiger partial charge in [0.15, 0.2) is 5.82 Å². The maximum Gasteiger partial charge on any atom is 0.275 e. The zero-order valence-corrected chi connectivity index (χ0v) is 11.7. The molecule has 2 aromatic heterocycles. The molecule has 0 aliphatic heterocycles. The molecular formula is C15H11F2N5O. The van der Waals surface area contributed by atoms with Gasteiger partial charge in [0, 0.05) is 17.7 Å². The number of nitrogens with one attached hydrogen (secondary N) is 2. The van der Waals surface area contributed by atoms with Crippen LogP contribution in [0.5, 0.6) is 0 Å². The summed E-state index contributed by atoms with van der Waals surface area (Å²) < 4.78 is 26.5. The minimum absolute atomic E-state index is 0.131. The van der Waals surface area contributed by atoms with E-state index in [1.165, 1.54) is 12.1 Å². The molecule has 116 valence electrons. The van der Waals surface area contributed by atoms with E-state index < -0.39 is 17.5 Å². The maximum absolute atomic E-state index is 13.2. The zero-order valence-electron chi connectivity index (χ0n) is 11.7. The highest BCUT2D eigenvalue weighted by atomic mass is 19.1. The molecule has 0 radical (unpaired) electrons. The van der Waals surface area contributed by atoms with Gasteiger partial charge in [0.25, 0.3) is 5.91 Å². The Bertz CT molecular complexity index is 858. The van der Waals surface area contributed by atoms with Crippen molar-refractivity contribution in [3.05, 3.63) is 59.8 Å². The fraction of sp³-hybridized carbons (Fsp3) is 0. The molecular weight excluding hydrogens is 304 g/mol. The first-order valence-electron chi connectivity index (χ1n) is 6.57. The van der Waals surface area contributed by atoms with Crippen molar-refractivity contribution in [3.63, 3.8) is 0 Å². The third-order valence-electron chi connectivity index (χ3n) is 3.00. The van der Waals surface area contributed by atoms with E-state index in [0.717, 1.165) is 18.2 Å². The molecule has 3 rings (SSSR count). The minimum Gasteiger partial charge on any atom is -0.384 e. The molecule has 0 unspecified atom stereocenters. The van der Waals surface area contributed by atoms with Crippen LogP contribution < -0.4 is 11.1 Å². The third kappa shape index (κ3) is 3.31. The Kier molecular flexibility index (Phi) is 3.71. The SMILES string of the molecule is Nc1cccc(C(=O)Nc2cc(-c3cc(F)cc(F)c3)[nH]n2)n1. The number of rotatable bonds is 3. The average Bonchev–Trinajstić information content (AvgIpc) is 2.95. The van der Waals surface area contributed by atoms with Crippen LogP contribution in [0.3, 0.4) is 0 Å². The molecule has 23 heavy (non-hydrogen) atoms. The van der Waals surface area contributed by atoms with Crippen LogP contribution >= 0.6 is 0 Å². The molecule has 1 aromatic carbocycles. The molecule has 3 aromatic rings. The minimum atomic E-state index is -0.704. The molecule has 0 aliphatic carbocycles. The van der Waals surface area contributed by atoms with Gasteiger partial charge in [-0.3, -0.25) is 9.89 Å². The molecule has 4 N–H and O–H groups in total. The number of anilines is 2. The molecule has 1 amide bonds. The van der Waals surface area contributed by atoms with Crippen molar-refractivity contribution in [2.75, 3.05) is 11.1 Å². The highest BCUT2D eigenvalue weighted by Gasteiger charge is 2.12. The smallest absolute Gasteiger partial charge is 0.275 e. The van der Waals surface area contributed by atoms with Crippen molar-refractivity contribution in [1.82, 2.24) is 15.2 Å². The van der Waals surface area contributed by atoms with Crippen molar-refractivity contribution in [2.24, 2.45) is 0 Å². The number of pyridine rings is 1. The second kappa shape index (κ2) is 5.84. The first-order chi connectivity index (χ1) is 11.0. The quantitative estimate of drug-likeness (QED) is 0.692. The third-order valence-corrected chi connectivity index (χ3v) is 3.00. The summed E-state index contributed by atoms with van der Waals surface area (Å²) in [5.74, 6) is -1.50. The summed E-state index contributed by atoms with van der Waals surface area (Å²) in [4.78, 5) is 15.9. The number of amides is 1. The standard InChI is InChI=1S/C15H11F2N5O/c16-9-4-8(5-10(17)6-9)12-7-14(22-21-12)20-15(23)11-2-1-3-13(18)19-11/h1-7H,(H2,18,19)(H2,20,21,22,23). The van der Waals surface area contributed by atoms with E-state index in [9.17, 15) is 13.6 Å². The summed E-state index contributed by atoms with van der Waals surface area (Å²) in [5.41, 5.74) is 6.28. The number of hydrogen-bond acceptors (Lipinski definition) is 4. The molecule has 6 nitrogen and oxygen atoms in total. The lowest BCUT2D eigenvalue weighted by Crippen LogP contribution is -2.14. The normalized spacial score (nSPS) is 10.5. The molecule has 0 atom stereocenters. The lowest BCUT2D eigenvalue weighted by Gasteiger charge is -2.01. The Morgan fingerprint density at radius 3 is 2.57 bits per heavy atom. The Balaban J connectivity index is 1.81. The Labute approximate surface area is 129 Å². The summed E-state index contributed by atoms with van der Waals surface area (Å²) in [6.45, 7) is 0. The number of carbonyl (C=O) groups is 1. The van der Waals surface area contributed by atoms with Gasteiger partial charge < -0.3 is 11.1 Å². The summed E-state index contributed by atoms with van der Waals surface area (Å²) in [7, 11) is 0. The van der Waals surface area contributed by atoms with Gasteiger partial charge in [0.05, 0.1) is 5.69 Å². The zero-order chi connectivity index (χ0) is 16.4. The maximum atomic E-state index is 13.2. The van der Waals surface area contributed by atoms with Gasteiger partial charge in [-0.15, -0.1) is 0 Å². The lowest BCUT2D eigenvalue weighted by molar-refractivity contribution is 0.102. The van der Waals surface area contributed by atoms with E-state index in [2.05, 4.69) is 20.5 Å². The molecule has 2 heterocycles. The van der Waals surface area contributed by atoms with E-state index in [4.69, 9.17) is 5.73 Å². The molecule has 0 spiro atoms. The highest BCUT2D eigenvalue weighted by Crippen LogP contribution is 2.22. The van der Waals surface area contributed by atoms with Gasteiger partial charge in [-0.25, -0.2) is 13.8 Å². The van der Waals surface area contributed by atoms with Crippen molar-refractivity contribution in [2.45, 2.75) is 0 Å². The number of H-pyrrole nitrogens is 1. The summed E-state index contributed by atoms with van der Waals surface area (Å²) >= 11 is 0. The van der Waals surface area contributed by atoms with Crippen LogP contribution in [0.4, 0.5) is 20.4 Å². The number of benzene rings is 1.